The van der Waals surface area contributed by atoms with Crippen molar-refractivity contribution >= 4 is 12.1 Å². The molecule has 25 heavy (non-hydrogen) atoms. The number of carbonyl (C=O) groups is 2. The SMILES string of the molecule is O=Cc1ccc(-c2ccc(C(=O)c3ccc4c(c3)OCCO4)cc2)o1. The van der Waals surface area contributed by atoms with Crippen LogP contribution in [0.3, 0.4) is 0 Å². The highest BCUT2D eigenvalue weighted by Crippen LogP contribution is 2.31. The summed E-state index contributed by atoms with van der Waals surface area (Å²) in [5.74, 6) is 2.00. The first-order valence-corrected chi connectivity index (χ1v) is 7.84. The number of fused-ring (bicyclic) bond motifs is 1. The molecule has 124 valence electrons. The van der Waals surface area contributed by atoms with Gasteiger partial charge in [-0.15, -0.1) is 0 Å². The molecule has 5 heteroatoms. The molecule has 0 N–H and O–H groups in total. The van der Waals surface area contributed by atoms with Crippen LogP contribution in [0.15, 0.2) is 59.0 Å². The van der Waals surface area contributed by atoms with Crippen molar-refractivity contribution in [1.82, 2.24) is 0 Å². The number of rotatable bonds is 4. The molecule has 5 nitrogen and oxygen atoms in total. The van der Waals surface area contributed by atoms with Crippen molar-refractivity contribution in [2.45, 2.75) is 0 Å². The minimum absolute atomic E-state index is 0.100. The molecule has 0 bridgehead atoms. The molecule has 1 aromatic heterocycles. The highest BCUT2D eigenvalue weighted by Gasteiger charge is 2.16. The van der Waals surface area contributed by atoms with Crippen LogP contribution in [0, 0.1) is 0 Å². The van der Waals surface area contributed by atoms with Crippen molar-refractivity contribution in [3.63, 3.8) is 0 Å². The van der Waals surface area contributed by atoms with E-state index in [0.717, 1.165) is 5.56 Å². The molecule has 2 aromatic carbocycles. The van der Waals surface area contributed by atoms with Gasteiger partial charge in [-0.3, -0.25) is 9.59 Å². The molecule has 0 spiro atoms. The third-order valence-corrected chi connectivity index (χ3v) is 3.98. The summed E-state index contributed by atoms with van der Waals surface area (Å²) in [6, 6.07) is 15.6. The van der Waals surface area contributed by atoms with Gasteiger partial charge in [0.05, 0.1) is 0 Å². The summed E-state index contributed by atoms with van der Waals surface area (Å²) < 4.78 is 16.4. The largest absolute Gasteiger partial charge is 0.486 e. The van der Waals surface area contributed by atoms with Crippen LogP contribution in [0.5, 0.6) is 11.5 Å². The van der Waals surface area contributed by atoms with E-state index < -0.39 is 0 Å². The Kier molecular flexibility index (Phi) is 3.82. The average Bonchev–Trinajstić information content (AvgIpc) is 3.16. The number of ketones is 1. The molecule has 0 amide bonds. The molecule has 4 rings (SSSR count). The van der Waals surface area contributed by atoms with Crippen molar-refractivity contribution in [3.05, 3.63) is 71.5 Å². The monoisotopic (exact) mass is 334 g/mol. The highest BCUT2D eigenvalue weighted by atomic mass is 16.6. The number of carbonyl (C=O) groups excluding carboxylic acids is 2. The summed E-state index contributed by atoms with van der Waals surface area (Å²) in [5.41, 5.74) is 1.90. The fourth-order valence-corrected chi connectivity index (χ4v) is 2.71. The van der Waals surface area contributed by atoms with Gasteiger partial charge in [-0.2, -0.15) is 0 Å². The molecule has 0 saturated heterocycles. The maximum Gasteiger partial charge on any atom is 0.193 e. The molecule has 2 heterocycles. The van der Waals surface area contributed by atoms with E-state index in [1.165, 1.54) is 0 Å². The Bertz CT molecular complexity index is 937. The lowest BCUT2D eigenvalue weighted by Crippen LogP contribution is -2.15. The third kappa shape index (κ3) is 2.92. The summed E-state index contributed by atoms with van der Waals surface area (Å²) in [4.78, 5) is 23.4. The summed E-state index contributed by atoms with van der Waals surface area (Å²) in [6.07, 6.45) is 0.656. The van der Waals surface area contributed by atoms with E-state index >= 15 is 0 Å². The Hall–Kier alpha value is -3.34. The van der Waals surface area contributed by atoms with Gasteiger partial charge in [0.25, 0.3) is 0 Å². The summed E-state index contributed by atoms with van der Waals surface area (Å²) in [7, 11) is 0. The van der Waals surface area contributed by atoms with E-state index in [-0.39, 0.29) is 11.5 Å². The molecule has 0 atom stereocenters. The van der Waals surface area contributed by atoms with Gasteiger partial charge in [0.1, 0.15) is 19.0 Å². The van der Waals surface area contributed by atoms with Crippen LogP contribution in [0.2, 0.25) is 0 Å². The van der Waals surface area contributed by atoms with Crippen LogP contribution in [0.4, 0.5) is 0 Å². The Morgan fingerprint density at radius 1 is 0.840 bits per heavy atom. The van der Waals surface area contributed by atoms with Gasteiger partial charge in [-0.25, -0.2) is 0 Å². The van der Waals surface area contributed by atoms with Crippen molar-refractivity contribution < 1.29 is 23.5 Å². The van der Waals surface area contributed by atoms with Crippen molar-refractivity contribution in [3.8, 4) is 22.8 Å². The zero-order valence-electron chi connectivity index (χ0n) is 13.2. The highest BCUT2D eigenvalue weighted by molar-refractivity contribution is 6.09. The van der Waals surface area contributed by atoms with E-state index in [9.17, 15) is 9.59 Å². The summed E-state index contributed by atoms with van der Waals surface area (Å²) in [5, 5.41) is 0. The lowest BCUT2D eigenvalue weighted by Gasteiger charge is -2.18. The predicted molar refractivity (Wildman–Crippen MR) is 90.4 cm³/mol. The minimum Gasteiger partial charge on any atom is -0.486 e. The van der Waals surface area contributed by atoms with Gasteiger partial charge in [0.15, 0.2) is 29.3 Å². The molecule has 0 radical (unpaired) electrons. The van der Waals surface area contributed by atoms with Crippen molar-refractivity contribution in [2.24, 2.45) is 0 Å². The fourth-order valence-electron chi connectivity index (χ4n) is 2.71. The maximum absolute atomic E-state index is 12.7. The second kappa shape index (κ2) is 6.28. The van der Waals surface area contributed by atoms with Crippen LogP contribution in [0.25, 0.3) is 11.3 Å². The molecular formula is C20H14O5. The van der Waals surface area contributed by atoms with Gasteiger partial charge in [-0.1, -0.05) is 24.3 Å². The zero-order chi connectivity index (χ0) is 17.2. The van der Waals surface area contributed by atoms with E-state index in [1.54, 1.807) is 54.6 Å². The van der Waals surface area contributed by atoms with E-state index in [4.69, 9.17) is 13.9 Å². The Morgan fingerprint density at radius 2 is 1.56 bits per heavy atom. The Morgan fingerprint density at radius 3 is 2.28 bits per heavy atom. The predicted octanol–water partition coefficient (Wildman–Crippen LogP) is 3.76. The third-order valence-electron chi connectivity index (χ3n) is 3.98. The molecular weight excluding hydrogens is 320 g/mol. The smallest absolute Gasteiger partial charge is 0.193 e. The Balaban J connectivity index is 1.59. The lowest BCUT2D eigenvalue weighted by molar-refractivity contribution is 0.103. The van der Waals surface area contributed by atoms with Crippen LogP contribution in [-0.2, 0) is 0 Å². The van der Waals surface area contributed by atoms with Crippen LogP contribution < -0.4 is 9.47 Å². The molecule has 0 saturated carbocycles. The van der Waals surface area contributed by atoms with Gasteiger partial charge in [-0.05, 0) is 30.3 Å². The topological polar surface area (TPSA) is 65.7 Å². The van der Waals surface area contributed by atoms with Crippen LogP contribution >= 0.6 is 0 Å². The number of benzene rings is 2. The molecule has 3 aromatic rings. The second-order valence-electron chi connectivity index (χ2n) is 5.58. The zero-order valence-corrected chi connectivity index (χ0v) is 13.2. The van der Waals surface area contributed by atoms with Crippen molar-refractivity contribution in [2.75, 3.05) is 13.2 Å². The quantitative estimate of drug-likeness (QED) is 0.537. The standard InChI is InChI=1S/C20H14O5/c21-12-16-6-8-17(25-16)13-1-3-14(4-2-13)20(22)15-5-7-18-19(11-15)24-10-9-23-18/h1-8,11-12H,9-10H2. The second-order valence-corrected chi connectivity index (χ2v) is 5.58. The first-order valence-electron chi connectivity index (χ1n) is 7.84. The van der Waals surface area contributed by atoms with Gasteiger partial charge in [0.2, 0.25) is 0 Å². The first kappa shape index (κ1) is 15.2. The molecule has 0 aliphatic carbocycles. The van der Waals surface area contributed by atoms with Gasteiger partial charge >= 0.3 is 0 Å². The van der Waals surface area contributed by atoms with Crippen LogP contribution in [0.1, 0.15) is 26.5 Å². The minimum atomic E-state index is -0.100. The lowest BCUT2D eigenvalue weighted by atomic mass is 10.0. The van der Waals surface area contributed by atoms with E-state index in [2.05, 4.69) is 0 Å². The van der Waals surface area contributed by atoms with Gasteiger partial charge < -0.3 is 13.9 Å². The number of hydrogen-bond acceptors (Lipinski definition) is 5. The number of aldehydes is 1. The number of ether oxygens (including phenoxy) is 2. The number of furan rings is 1. The molecule has 1 aliphatic heterocycles. The number of hydrogen-bond donors (Lipinski definition) is 0. The summed E-state index contributed by atoms with van der Waals surface area (Å²) in [6.45, 7) is 0.992. The van der Waals surface area contributed by atoms with Crippen LogP contribution in [-0.4, -0.2) is 25.3 Å². The van der Waals surface area contributed by atoms with E-state index in [0.29, 0.717) is 47.9 Å². The summed E-state index contributed by atoms with van der Waals surface area (Å²) >= 11 is 0. The van der Waals surface area contributed by atoms with E-state index in [1.807, 2.05) is 0 Å². The fraction of sp³-hybridized carbons (Fsp3) is 0.100. The molecule has 0 fully saturated rings. The maximum atomic E-state index is 12.7. The van der Waals surface area contributed by atoms with Crippen molar-refractivity contribution in [1.29, 1.82) is 0 Å². The average molecular weight is 334 g/mol. The Labute approximate surface area is 143 Å². The first-order chi connectivity index (χ1) is 12.2. The van der Waals surface area contributed by atoms with Gasteiger partial charge in [0, 0.05) is 16.7 Å². The normalized spacial score (nSPS) is 12.6. The molecule has 1 aliphatic rings. The molecule has 0 unspecified atom stereocenters.